The highest BCUT2D eigenvalue weighted by Crippen LogP contribution is 2.22. The van der Waals surface area contributed by atoms with Gasteiger partial charge in [0.2, 0.25) is 0 Å². The van der Waals surface area contributed by atoms with E-state index < -0.39 is 12.0 Å². The number of hydrogen-bond acceptors (Lipinski definition) is 6. The molecule has 1 atom stereocenters. The van der Waals surface area contributed by atoms with Crippen LogP contribution in [-0.2, 0) is 11.2 Å². The lowest BCUT2D eigenvalue weighted by Gasteiger charge is -2.23. The van der Waals surface area contributed by atoms with Gasteiger partial charge in [0.25, 0.3) is 5.91 Å². The van der Waals surface area contributed by atoms with Crippen molar-refractivity contribution in [2.24, 2.45) is 0 Å². The first-order valence-electron chi connectivity index (χ1n) is 14.2. The normalized spacial score (nSPS) is 11.3. The summed E-state index contributed by atoms with van der Waals surface area (Å²) in [5.74, 6) is -0.784. The van der Waals surface area contributed by atoms with Crippen molar-refractivity contribution in [3.8, 4) is 5.75 Å². The number of nitrogens with one attached hydrogen (secondary N) is 1. The average molecular weight is 586 g/mol. The van der Waals surface area contributed by atoms with Crippen LogP contribution in [0.2, 0.25) is 0 Å². The number of ketones is 1. The number of amides is 1. The monoisotopic (exact) mass is 585 g/mol. The number of ether oxygens (including phenoxy) is 1. The largest absolute Gasteiger partial charge is 0.492 e. The molecule has 2 N–H and O–H groups in total. The van der Waals surface area contributed by atoms with Crippen molar-refractivity contribution in [1.82, 2.24) is 4.98 Å². The third kappa shape index (κ3) is 7.54. The molecule has 1 amide bonds. The minimum Gasteiger partial charge on any atom is -0.492 e. The van der Waals surface area contributed by atoms with Gasteiger partial charge in [0.15, 0.2) is 5.78 Å². The number of rotatable bonds is 13. The maximum atomic E-state index is 13.2. The molecule has 0 radical (unpaired) electrons. The predicted molar refractivity (Wildman–Crippen MR) is 169 cm³/mol. The molecule has 220 valence electrons. The second-order valence-electron chi connectivity index (χ2n) is 10.0. The molecule has 0 saturated heterocycles. The Bertz CT molecular complexity index is 1700. The van der Waals surface area contributed by atoms with Crippen molar-refractivity contribution in [1.29, 1.82) is 0 Å². The molecule has 5 rings (SSSR count). The van der Waals surface area contributed by atoms with Crippen LogP contribution in [0.25, 0.3) is 0 Å². The Morgan fingerprint density at radius 1 is 0.750 bits per heavy atom. The van der Waals surface area contributed by atoms with Gasteiger partial charge in [-0.2, -0.15) is 0 Å². The Hall–Kier alpha value is -5.76. The van der Waals surface area contributed by atoms with Crippen molar-refractivity contribution in [2.45, 2.75) is 12.5 Å². The molecular weight excluding hydrogens is 554 g/mol. The number of carbonyl (C=O) groups is 3. The first kappa shape index (κ1) is 29.7. The zero-order valence-electron chi connectivity index (χ0n) is 23.9. The summed E-state index contributed by atoms with van der Waals surface area (Å²) in [7, 11) is 0. The summed E-state index contributed by atoms with van der Waals surface area (Å²) < 4.78 is 5.96. The second kappa shape index (κ2) is 14.4. The van der Waals surface area contributed by atoms with E-state index in [4.69, 9.17) is 4.74 Å². The summed E-state index contributed by atoms with van der Waals surface area (Å²) in [6.45, 7) is 0.565. The summed E-state index contributed by atoms with van der Waals surface area (Å²) in [5, 5.41) is 13.0. The van der Waals surface area contributed by atoms with E-state index in [1.54, 1.807) is 90.1 Å². The first-order valence-corrected chi connectivity index (χ1v) is 14.2. The van der Waals surface area contributed by atoms with Crippen LogP contribution in [0, 0.1) is 0 Å². The number of pyridine rings is 1. The van der Waals surface area contributed by atoms with Gasteiger partial charge in [0, 0.05) is 46.9 Å². The predicted octanol–water partition coefficient (Wildman–Crippen LogP) is 6.15. The van der Waals surface area contributed by atoms with Gasteiger partial charge in [0.1, 0.15) is 18.4 Å². The maximum absolute atomic E-state index is 13.2. The van der Waals surface area contributed by atoms with Gasteiger partial charge in [-0.25, -0.2) is 4.79 Å². The molecule has 4 aromatic carbocycles. The van der Waals surface area contributed by atoms with Gasteiger partial charge in [-0.3, -0.25) is 14.6 Å². The topological polar surface area (TPSA) is 109 Å². The highest BCUT2D eigenvalue weighted by molar-refractivity contribution is 6.12. The number of para-hydroxylation sites is 2. The van der Waals surface area contributed by atoms with Crippen molar-refractivity contribution in [3.63, 3.8) is 0 Å². The number of nitrogens with zero attached hydrogens (tertiary/aromatic N) is 2. The molecule has 0 aliphatic rings. The highest BCUT2D eigenvalue weighted by Gasteiger charge is 2.22. The molecule has 8 heteroatoms. The Labute approximate surface area is 255 Å². The van der Waals surface area contributed by atoms with Crippen LogP contribution < -0.4 is 15.0 Å². The molecule has 0 aliphatic heterocycles. The SMILES string of the molecule is O=C(c1ccccc1)c1ccccc1NC(Cc1ccc(OCCN(C(=O)c2ccncc2)c2ccccc2)cc1)C(=O)O. The zero-order valence-corrected chi connectivity index (χ0v) is 23.9. The number of carboxylic acid groups (broad SMARTS) is 1. The molecule has 5 aromatic rings. The van der Waals surface area contributed by atoms with E-state index in [-0.39, 0.29) is 24.7 Å². The van der Waals surface area contributed by atoms with E-state index in [1.807, 2.05) is 48.5 Å². The molecule has 44 heavy (non-hydrogen) atoms. The molecular formula is C36H31N3O5. The van der Waals surface area contributed by atoms with E-state index >= 15 is 0 Å². The molecule has 0 aliphatic carbocycles. The minimum atomic E-state index is -1.04. The van der Waals surface area contributed by atoms with Gasteiger partial charge < -0.3 is 20.1 Å². The smallest absolute Gasteiger partial charge is 0.326 e. The average Bonchev–Trinajstić information content (AvgIpc) is 3.08. The van der Waals surface area contributed by atoms with Crippen LogP contribution in [0.5, 0.6) is 5.75 Å². The van der Waals surface area contributed by atoms with E-state index in [2.05, 4.69) is 10.3 Å². The summed E-state index contributed by atoms with van der Waals surface area (Å²) in [4.78, 5) is 44.2. The number of anilines is 2. The highest BCUT2D eigenvalue weighted by atomic mass is 16.5. The summed E-state index contributed by atoms with van der Waals surface area (Å²) in [6, 6.07) is 34.7. The fraction of sp³-hybridized carbons (Fsp3) is 0.111. The number of carbonyl (C=O) groups excluding carboxylic acids is 2. The molecule has 8 nitrogen and oxygen atoms in total. The van der Waals surface area contributed by atoms with Crippen molar-refractivity contribution >= 4 is 29.0 Å². The van der Waals surface area contributed by atoms with Crippen LogP contribution in [0.15, 0.2) is 134 Å². The van der Waals surface area contributed by atoms with Crippen LogP contribution in [0.3, 0.4) is 0 Å². The summed E-state index contributed by atoms with van der Waals surface area (Å²) in [6.07, 6.45) is 3.36. The van der Waals surface area contributed by atoms with Crippen LogP contribution in [0.4, 0.5) is 11.4 Å². The van der Waals surface area contributed by atoms with Crippen molar-refractivity contribution in [2.75, 3.05) is 23.4 Å². The molecule has 1 unspecified atom stereocenters. The van der Waals surface area contributed by atoms with Gasteiger partial charge in [-0.15, -0.1) is 0 Å². The number of aromatic nitrogens is 1. The van der Waals surface area contributed by atoms with Crippen LogP contribution in [-0.4, -0.2) is 46.9 Å². The lowest BCUT2D eigenvalue weighted by Crippen LogP contribution is -2.34. The molecule has 0 fully saturated rings. The van der Waals surface area contributed by atoms with Crippen molar-refractivity contribution in [3.05, 3.63) is 156 Å². The second-order valence-corrected chi connectivity index (χ2v) is 10.0. The lowest BCUT2D eigenvalue weighted by molar-refractivity contribution is -0.137. The fourth-order valence-electron chi connectivity index (χ4n) is 4.76. The summed E-state index contributed by atoms with van der Waals surface area (Å²) >= 11 is 0. The van der Waals surface area contributed by atoms with E-state index in [1.165, 1.54) is 0 Å². The molecule has 0 spiro atoms. The molecule has 1 heterocycles. The standard InChI is InChI=1S/C36H31N3O5/c40-34(27-9-3-1-4-10-27)31-13-7-8-14-32(31)38-33(36(42)43)25-26-15-17-30(18-16-26)44-24-23-39(29-11-5-2-6-12-29)35(41)28-19-21-37-22-20-28/h1-22,33,38H,23-25H2,(H,42,43). The lowest BCUT2D eigenvalue weighted by atomic mass is 10.00. The third-order valence-electron chi connectivity index (χ3n) is 7.02. The van der Waals surface area contributed by atoms with Gasteiger partial charge in [-0.1, -0.05) is 72.8 Å². The Balaban J connectivity index is 1.22. The number of aliphatic carboxylic acids is 1. The molecule has 0 bridgehead atoms. The Kier molecular flexibility index (Phi) is 9.74. The van der Waals surface area contributed by atoms with Crippen molar-refractivity contribution < 1.29 is 24.2 Å². The first-order chi connectivity index (χ1) is 21.5. The quantitative estimate of drug-likeness (QED) is 0.160. The van der Waals surface area contributed by atoms with Gasteiger partial charge >= 0.3 is 5.97 Å². The zero-order chi connectivity index (χ0) is 30.7. The molecule has 0 saturated carbocycles. The maximum Gasteiger partial charge on any atom is 0.326 e. The fourth-order valence-corrected chi connectivity index (χ4v) is 4.76. The Morgan fingerprint density at radius 2 is 1.39 bits per heavy atom. The number of benzene rings is 4. The number of hydrogen-bond donors (Lipinski definition) is 2. The van der Waals surface area contributed by atoms with Gasteiger partial charge in [0.05, 0.1) is 6.54 Å². The van der Waals surface area contributed by atoms with E-state index in [0.29, 0.717) is 34.7 Å². The summed E-state index contributed by atoms with van der Waals surface area (Å²) in [5.41, 5.74) is 3.45. The number of carboxylic acids is 1. The van der Waals surface area contributed by atoms with E-state index in [9.17, 15) is 19.5 Å². The minimum absolute atomic E-state index is 0.156. The van der Waals surface area contributed by atoms with Gasteiger partial charge in [-0.05, 0) is 54.1 Å². The van der Waals surface area contributed by atoms with E-state index in [0.717, 1.165) is 11.3 Å². The Morgan fingerprint density at radius 3 is 2.07 bits per heavy atom. The molecule has 1 aromatic heterocycles. The third-order valence-corrected chi connectivity index (χ3v) is 7.02. The van der Waals surface area contributed by atoms with Crippen LogP contribution in [0.1, 0.15) is 31.8 Å². The van der Waals surface area contributed by atoms with Crippen LogP contribution >= 0.6 is 0 Å².